The van der Waals surface area contributed by atoms with Gasteiger partial charge in [-0.1, -0.05) is 0 Å². The van der Waals surface area contributed by atoms with E-state index in [1.807, 2.05) is 11.0 Å². The number of carbonyl (C=O) groups excluding carboxylic acids is 1. The molecule has 0 aliphatic carbocycles. The molecule has 2 amide bonds. The van der Waals surface area contributed by atoms with Crippen LogP contribution in [0.15, 0.2) is 23.1 Å². The van der Waals surface area contributed by atoms with Crippen LogP contribution in [-0.2, 0) is 11.8 Å². The lowest BCUT2D eigenvalue weighted by atomic mass is 10.2. The van der Waals surface area contributed by atoms with E-state index >= 15 is 0 Å². The number of pyridine rings is 1. The quantitative estimate of drug-likeness (QED) is 0.835. The molecule has 1 N–H and O–H groups in total. The number of ether oxygens (including phenoxy) is 1. The van der Waals surface area contributed by atoms with Crippen molar-refractivity contribution in [3.8, 4) is 0 Å². The smallest absolute Gasteiger partial charge is 0.317 e. The number of hydrogen-bond donors (Lipinski definition) is 1. The van der Waals surface area contributed by atoms with Gasteiger partial charge in [-0.05, 0) is 25.0 Å². The highest BCUT2D eigenvalue weighted by Crippen LogP contribution is 2.14. The van der Waals surface area contributed by atoms with Gasteiger partial charge in [0.1, 0.15) is 5.52 Å². The summed E-state index contributed by atoms with van der Waals surface area (Å²) in [4.78, 5) is 37.5. The number of anilines is 1. The van der Waals surface area contributed by atoms with E-state index in [-0.39, 0.29) is 17.7 Å². The number of nitrogens with one attached hydrogen (secondary N) is 1. The van der Waals surface area contributed by atoms with Crippen molar-refractivity contribution in [2.45, 2.75) is 18.9 Å². The minimum absolute atomic E-state index is 0.0753. The molecule has 0 spiro atoms. The maximum Gasteiger partial charge on any atom is 0.317 e. The van der Waals surface area contributed by atoms with Crippen molar-refractivity contribution >= 4 is 23.0 Å². The van der Waals surface area contributed by atoms with Crippen LogP contribution >= 0.6 is 0 Å². The second-order valence-electron chi connectivity index (χ2n) is 6.94. The maximum absolute atomic E-state index is 12.7. The Kier molecular flexibility index (Phi) is 4.93. The molecule has 0 bridgehead atoms. The Balaban J connectivity index is 1.40. The number of urea groups is 1. The van der Waals surface area contributed by atoms with Crippen LogP contribution in [0, 0.1) is 0 Å². The number of fused-ring (bicyclic) bond motifs is 1. The average Bonchev–Trinajstić information content (AvgIpc) is 3.23. The minimum atomic E-state index is -0.169. The Bertz CT molecular complexity index is 884. The number of amides is 2. The first kappa shape index (κ1) is 17.7. The third kappa shape index (κ3) is 3.59. The Labute approximate surface area is 156 Å². The van der Waals surface area contributed by atoms with E-state index < -0.39 is 0 Å². The summed E-state index contributed by atoms with van der Waals surface area (Å²) in [7, 11) is 1.71. The van der Waals surface area contributed by atoms with E-state index in [2.05, 4.69) is 15.3 Å². The van der Waals surface area contributed by atoms with E-state index in [9.17, 15) is 9.59 Å². The number of aromatic nitrogens is 3. The number of piperazine rings is 1. The molecule has 144 valence electrons. The van der Waals surface area contributed by atoms with E-state index in [1.54, 1.807) is 24.2 Å². The normalized spacial score (nSPS) is 20.3. The molecule has 0 saturated carbocycles. The van der Waals surface area contributed by atoms with E-state index in [4.69, 9.17) is 4.74 Å². The molecule has 9 nitrogen and oxygen atoms in total. The molecule has 2 aromatic heterocycles. The molecular weight excluding hydrogens is 348 g/mol. The molecule has 2 saturated heterocycles. The van der Waals surface area contributed by atoms with Crippen molar-refractivity contribution in [3.63, 3.8) is 0 Å². The molecule has 0 unspecified atom stereocenters. The summed E-state index contributed by atoms with van der Waals surface area (Å²) in [5.41, 5.74) is 1.09. The number of nitrogens with zero attached hydrogens (tertiary/aromatic N) is 5. The molecular formula is C18H24N6O3. The van der Waals surface area contributed by atoms with Gasteiger partial charge in [0.25, 0.3) is 5.56 Å². The van der Waals surface area contributed by atoms with Crippen LogP contribution in [0.2, 0.25) is 0 Å². The van der Waals surface area contributed by atoms with Gasteiger partial charge in [-0.25, -0.2) is 14.8 Å². The fourth-order valence-corrected chi connectivity index (χ4v) is 3.59. The number of aryl methyl sites for hydroxylation is 1. The molecule has 1 atom stereocenters. The monoisotopic (exact) mass is 372 g/mol. The van der Waals surface area contributed by atoms with E-state index in [1.165, 1.54) is 4.57 Å². The lowest BCUT2D eigenvalue weighted by Gasteiger charge is -2.35. The van der Waals surface area contributed by atoms with Gasteiger partial charge in [-0.3, -0.25) is 9.36 Å². The van der Waals surface area contributed by atoms with E-state index in [0.717, 1.165) is 19.4 Å². The zero-order valence-electron chi connectivity index (χ0n) is 15.4. The predicted octanol–water partition coefficient (Wildman–Crippen LogP) is 0.339. The molecule has 2 fully saturated rings. The van der Waals surface area contributed by atoms with Gasteiger partial charge in [-0.2, -0.15) is 0 Å². The third-order valence-corrected chi connectivity index (χ3v) is 5.18. The van der Waals surface area contributed by atoms with Gasteiger partial charge in [0.05, 0.1) is 6.10 Å². The van der Waals surface area contributed by atoms with Crippen LogP contribution in [0.25, 0.3) is 11.2 Å². The van der Waals surface area contributed by atoms with Crippen molar-refractivity contribution in [3.05, 3.63) is 28.7 Å². The van der Waals surface area contributed by atoms with E-state index in [0.29, 0.717) is 49.7 Å². The number of carbonyl (C=O) groups is 1. The molecule has 2 aliphatic heterocycles. The highest BCUT2D eigenvalue weighted by Gasteiger charge is 2.25. The Morgan fingerprint density at radius 3 is 2.89 bits per heavy atom. The molecule has 27 heavy (non-hydrogen) atoms. The summed E-state index contributed by atoms with van der Waals surface area (Å²) < 4.78 is 7.06. The molecule has 9 heteroatoms. The fourth-order valence-electron chi connectivity index (χ4n) is 3.59. The van der Waals surface area contributed by atoms with Gasteiger partial charge in [-0.15, -0.1) is 0 Å². The Morgan fingerprint density at radius 1 is 1.33 bits per heavy atom. The fraction of sp³-hybridized carbons (Fsp3) is 0.556. The first-order chi connectivity index (χ1) is 13.1. The predicted molar refractivity (Wildman–Crippen MR) is 101 cm³/mol. The second-order valence-corrected chi connectivity index (χ2v) is 6.94. The number of rotatable bonds is 3. The molecule has 0 radical (unpaired) electrons. The molecule has 2 aromatic rings. The van der Waals surface area contributed by atoms with Gasteiger partial charge in [0.15, 0.2) is 11.5 Å². The second kappa shape index (κ2) is 7.51. The standard InChI is InChI=1S/C18H24N6O3/c1-22-15-14(5-2-6-19-15)21-16(17(22)25)23-7-9-24(10-8-23)18(26)20-12-13-4-3-11-27-13/h2,5-6,13H,3-4,7-12H2,1H3,(H,20,26)/t13-/m1/s1. The van der Waals surface area contributed by atoms with Gasteiger partial charge in [0, 0.05) is 52.6 Å². The summed E-state index contributed by atoms with van der Waals surface area (Å²) in [5.74, 6) is 0.414. The van der Waals surface area contributed by atoms with Crippen molar-refractivity contribution in [1.29, 1.82) is 0 Å². The van der Waals surface area contributed by atoms with Gasteiger partial charge < -0.3 is 19.9 Å². The summed E-state index contributed by atoms with van der Waals surface area (Å²) >= 11 is 0. The van der Waals surface area contributed by atoms with Crippen LogP contribution in [-0.4, -0.2) is 70.9 Å². The number of hydrogen-bond acceptors (Lipinski definition) is 6. The largest absolute Gasteiger partial charge is 0.376 e. The highest BCUT2D eigenvalue weighted by atomic mass is 16.5. The van der Waals surface area contributed by atoms with Gasteiger partial charge >= 0.3 is 6.03 Å². The zero-order valence-corrected chi connectivity index (χ0v) is 15.4. The highest BCUT2D eigenvalue weighted by molar-refractivity contribution is 5.75. The van der Waals surface area contributed by atoms with Crippen LogP contribution in [0.5, 0.6) is 0 Å². The maximum atomic E-state index is 12.7. The summed E-state index contributed by atoms with van der Waals surface area (Å²) in [6.45, 7) is 3.57. The summed E-state index contributed by atoms with van der Waals surface area (Å²) in [6, 6.07) is 3.58. The molecule has 4 rings (SSSR count). The van der Waals surface area contributed by atoms with Crippen LogP contribution in [0.3, 0.4) is 0 Å². The van der Waals surface area contributed by atoms with Gasteiger partial charge in [0.2, 0.25) is 0 Å². The van der Waals surface area contributed by atoms with Crippen LogP contribution < -0.4 is 15.8 Å². The topological polar surface area (TPSA) is 92.6 Å². The zero-order chi connectivity index (χ0) is 18.8. The lowest BCUT2D eigenvalue weighted by Crippen LogP contribution is -2.53. The SMILES string of the molecule is Cn1c(=O)c(N2CCN(C(=O)NC[C@H]3CCCO3)CC2)nc2cccnc21. The Hall–Kier alpha value is -2.68. The molecule has 2 aliphatic rings. The summed E-state index contributed by atoms with van der Waals surface area (Å²) in [6.07, 6.45) is 3.84. The molecule has 0 aromatic carbocycles. The van der Waals surface area contributed by atoms with Crippen molar-refractivity contribution in [1.82, 2.24) is 24.8 Å². The summed E-state index contributed by atoms with van der Waals surface area (Å²) in [5, 5.41) is 2.95. The molecule has 4 heterocycles. The first-order valence-electron chi connectivity index (χ1n) is 9.34. The third-order valence-electron chi connectivity index (χ3n) is 5.18. The van der Waals surface area contributed by atoms with Crippen LogP contribution in [0.1, 0.15) is 12.8 Å². The van der Waals surface area contributed by atoms with Crippen molar-refractivity contribution < 1.29 is 9.53 Å². The Morgan fingerprint density at radius 2 is 2.15 bits per heavy atom. The van der Waals surface area contributed by atoms with Crippen molar-refractivity contribution in [2.24, 2.45) is 7.05 Å². The first-order valence-corrected chi connectivity index (χ1v) is 9.34. The average molecular weight is 372 g/mol. The minimum Gasteiger partial charge on any atom is -0.376 e. The van der Waals surface area contributed by atoms with Crippen LogP contribution in [0.4, 0.5) is 10.6 Å². The lowest BCUT2D eigenvalue weighted by molar-refractivity contribution is 0.108. The van der Waals surface area contributed by atoms with Crippen molar-refractivity contribution in [2.75, 3.05) is 44.2 Å².